The average molecular weight is 302 g/mol. The van der Waals surface area contributed by atoms with Crippen LogP contribution in [0, 0.1) is 5.92 Å². The number of carbonyl (C=O) groups excluding carboxylic acids is 1. The number of Topliss-reactive ketones (excluding diaryl/α,β-unsaturated/α-hetero) is 1. The van der Waals surface area contributed by atoms with E-state index in [0.29, 0.717) is 13.0 Å². The van der Waals surface area contributed by atoms with E-state index in [-0.39, 0.29) is 16.7 Å². The van der Waals surface area contributed by atoms with Gasteiger partial charge in [0.25, 0.3) is 0 Å². The molecule has 2 nitrogen and oxygen atoms in total. The Kier molecular flexibility index (Phi) is 4.54. The molecule has 0 aromatic heterocycles. The lowest BCUT2D eigenvalue weighted by molar-refractivity contribution is -0.113. The van der Waals surface area contributed by atoms with Crippen molar-refractivity contribution in [2.45, 2.75) is 45.3 Å². The molecular formula is C18H26O2Si. The number of carbonyl (C=O) groups is 1. The molecule has 1 aromatic carbocycles. The largest absolute Gasteiger partial charge is 0.416 e. The molecule has 0 aliphatic heterocycles. The van der Waals surface area contributed by atoms with Crippen LogP contribution in [0.3, 0.4) is 0 Å². The molecule has 0 saturated heterocycles. The Balaban J connectivity index is 2.04. The topological polar surface area (TPSA) is 26.3 Å². The Morgan fingerprint density at radius 1 is 1.19 bits per heavy atom. The Morgan fingerprint density at radius 2 is 1.81 bits per heavy atom. The summed E-state index contributed by atoms with van der Waals surface area (Å²) < 4.78 is 6.25. The van der Waals surface area contributed by atoms with Crippen molar-refractivity contribution >= 4 is 19.7 Å². The second-order valence-corrected chi connectivity index (χ2v) is 12.2. The molecule has 21 heavy (non-hydrogen) atoms. The minimum Gasteiger partial charge on any atom is -0.416 e. The van der Waals surface area contributed by atoms with Gasteiger partial charge in [-0.3, -0.25) is 4.79 Å². The third kappa shape index (κ3) is 3.72. The third-order valence-corrected chi connectivity index (χ3v) is 9.20. The Labute approximate surface area is 129 Å². The van der Waals surface area contributed by atoms with E-state index in [1.165, 1.54) is 0 Å². The van der Waals surface area contributed by atoms with Crippen molar-refractivity contribution in [1.29, 1.82) is 0 Å². The number of ketones is 1. The van der Waals surface area contributed by atoms with Gasteiger partial charge in [0.05, 0.1) is 0 Å². The molecule has 0 spiro atoms. The lowest BCUT2D eigenvalue weighted by Crippen LogP contribution is -2.41. The zero-order valence-electron chi connectivity index (χ0n) is 13.8. The lowest BCUT2D eigenvalue weighted by atomic mass is 10.1. The maximum absolute atomic E-state index is 12.2. The molecule has 0 radical (unpaired) electrons. The molecule has 0 amide bonds. The fourth-order valence-corrected chi connectivity index (χ4v) is 3.31. The summed E-state index contributed by atoms with van der Waals surface area (Å²) in [4.78, 5) is 12.2. The molecule has 1 aliphatic carbocycles. The highest BCUT2D eigenvalue weighted by Crippen LogP contribution is 2.38. The Bertz CT molecular complexity index is 538. The molecule has 0 N–H and O–H groups in total. The first-order valence-corrected chi connectivity index (χ1v) is 10.6. The molecule has 3 heteroatoms. The van der Waals surface area contributed by atoms with Gasteiger partial charge >= 0.3 is 0 Å². The molecule has 1 atom stereocenters. The lowest BCUT2D eigenvalue weighted by Gasteiger charge is -2.36. The fourth-order valence-electron chi connectivity index (χ4n) is 2.25. The number of allylic oxidation sites excluding steroid dienone is 1. The first-order chi connectivity index (χ1) is 9.71. The summed E-state index contributed by atoms with van der Waals surface area (Å²) in [5.41, 5.74) is 1.89. The van der Waals surface area contributed by atoms with Crippen molar-refractivity contribution in [2.75, 3.05) is 6.61 Å². The monoisotopic (exact) mass is 302 g/mol. The normalized spacial score (nSPS) is 19.8. The smallest absolute Gasteiger partial charge is 0.192 e. The van der Waals surface area contributed by atoms with Gasteiger partial charge in [0.2, 0.25) is 0 Å². The second-order valence-electron chi connectivity index (χ2n) is 7.41. The van der Waals surface area contributed by atoms with E-state index in [1.807, 2.05) is 30.3 Å². The zero-order valence-corrected chi connectivity index (χ0v) is 14.8. The highest BCUT2D eigenvalue weighted by molar-refractivity contribution is 6.74. The van der Waals surface area contributed by atoms with Gasteiger partial charge in [0, 0.05) is 24.5 Å². The van der Waals surface area contributed by atoms with Crippen LogP contribution < -0.4 is 0 Å². The number of benzene rings is 1. The van der Waals surface area contributed by atoms with Crippen LogP contribution in [0.4, 0.5) is 0 Å². The van der Waals surface area contributed by atoms with Crippen LogP contribution >= 0.6 is 0 Å². The van der Waals surface area contributed by atoms with Gasteiger partial charge in [-0.05, 0) is 23.7 Å². The third-order valence-electron chi connectivity index (χ3n) is 4.70. The molecule has 0 saturated carbocycles. The molecule has 2 rings (SSSR count). The van der Waals surface area contributed by atoms with E-state index < -0.39 is 8.32 Å². The summed E-state index contributed by atoms with van der Waals surface area (Å²) in [6.45, 7) is 11.9. The zero-order chi connectivity index (χ0) is 15.7. The Morgan fingerprint density at radius 3 is 2.38 bits per heavy atom. The van der Waals surface area contributed by atoms with E-state index in [1.54, 1.807) is 0 Å². The predicted octanol–water partition coefficient (Wildman–Crippen LogP) is 4.68. The van der Waals surface area contributed by atoms with Crippen molar-refractivity contribution < 1.29 is 9.22 Å². The number of hydrogen-bond acceptors (Lipinski definition) is 2. The van der Waals surface area contributed by atoms with E-state index in [9.17, 15) is 4.79 Å². The quantitative estimate of drug-likeness (QED) is 0.755. The van der Waals surface area contributed by atoms with Crippen molar-refractivity contribution in [2.24, 2.45) is 5.92 Å². The van der Waals surface area contributed by atoms with Gasteiger partial charge in [0.1, 0.15) is 0 Å². The van der Waals surface area contributed by atoms with Crippen LogP contribution in [0.25, 0.3) is 5.57 Å². The summed E-state index contributed by atoms with van der Waals surface area (Å²) in [7, 11) is -1.74. The van der Waals surface area contributed by atoms with Crippen molar-refractivity contribution in [1.82, 2.24) is 0 Å². The molecule has 0 heterocycles. The first-order valence-electron chi connectivity index (χ1n) is 7.65. The van der Waals surface area contributed by atoms with E-state index in [2.05, 4.69) is 39.9 Å². The molecule has 0 bridgehead atoms. The van der Waals surface area contributed by atoms with E-state index in [4.69, 9.17) is 4.43 Å². The Hall–Kier alpha value is -1.19. The molecule has 1 aliphatic rings. The van der Waals surface area contributed by atoms with Gasteiger partial charge < -0.3 is 4.43 Å². The summed E-state index contributed by atoms with van der Waals surface area (Å²) in [5.74, 6) is 0.465. The van der Waals surface area contributed by atoms with Crippen LogP contribution in [-0.2, 0) is 9.22 Å². The van der Waals surface area contributed by atoms with Gasteiger partial charge in [-0.2, -0.15) is 0 Å². The van der Waals surface area contributed by atoms with Gasteiger partial charge in [-0.15, -0.1) is 0 Å². The van der Waals surface area contributed by atoms with Crippen molar-refractivity contribution in [3.63, 3.8) is 0 Å². The van der Waals surface area contributed by atoms with Gasteiger partial charge in [0.15, 0.2) is 14.1 Å². The van der Waals surface area contributed by atoms with Crippen molar-refractivity contribution in [3.8, 4) is 0 Å². The summed E-state index contributed by atoms with van der Waals surface area (Å²) in [6, 6.07) is 9.93. The van der Waals surface area contributed by atoms with Crippen LogP contribution in [0.15, 0.2) is 36.4 Å². The maximum Gasteiger partial charge on any atom is 0.192 e. The van der Waals surface area contributed by atoms with E-state index >= 15 is 0 Å². The minimum atomic E-state index is -1.74. The van der Waals surface area contributed by atoms with Crippen molar-refractivity contribution in [3.05, 3.63) is 42.0 Å². The van der Waals surface area contributed by atoms with Crippen LogP contribution in [0.2, 0.25) is 18.1 Å². The van der Waals surface area contributed by atoms with Crippen LogP contribution in [-0.4, -0.2) is 20.7 Å². The second kappa shape index (κ2) is 5.89. The van der Waals surface area contributed by atoms with Crippen LogP contribution in [0.1, 0.15) is 32.8 Å². The van der Waals surface area contributed by atoms with E-state index in [0.717, 1.165) is 11.1 Å². The molecular weight excluding hydrogens is 276 g/mol. The van der Waals surface area contributed by atoms with Crippen LogP contribution in [0.5, 0.6) is 0 Å². The fraction of sp³-hybridized carbons (Fsp3) is 0.500. The number of hydrogen-bond donors (Lipinski definition) is 0. The minimum absolute atomic E-state index is 0.210. The number of rotatable bonds is 4. The molecule has 114 valence electrons. The first kappa shape index (κ1) is 16.2. The highest BCUT2D eigenvalue weighted by atomic mass is 28.4. The molecule has 1 aromatic rings. The summed E-state index contributed by atoms with van der Waals surface area (Å²) in [5, 5.41) is 0.210. The molecule has 0 fully saturated rings. The SMILES string of the molecule is CC(C)(C)[Si](C)(C)OC[C@H]1C=C(c2ccccc2)C(=O)C1. The molecule has 0 unspecified atom stereocenters. The average Bonchev–Trinajstić information content (AvgIpc) is 2.78. The highest BCUT2D eigenvalue weighted by Gasteiger charge is 2.38. The summed E-state index contributed by atoms with van der Waals surface area (Å²) in [6.07, 6.45) is 2.68. The van der Waals surface area contributed by atoms with Gasteiger partial charge in [-0.25, -0.2) is 0 Å². The summed E-state index contributed by atoms with van der Waals surface area (Å²) >= 11 is 0. The van der Waals surface area contributed by atoms with Gasteiger partial charge in [-0.1, -0.05) is 57.2 Å². The standard InChI is InChI=1S/C18H26O2Si/c1-18(2,3)21(4,5)20-13-14-11-16(17(19)12-14)15-9-7-6-8-10-15/h6-11,14H,12-13H2,1-5H3/t14-/m0/s1. The predicted molar refractivity (Wildman–Crippen MR) is 90.7 cm³/mol. The maximum atomic E-state index is 12.2.